The Balaban J connectivity index is 1.61. The van der Waals surface area contributed by atoms with Gasteiger partial charge in [0.05, 0.1) is 10.1 Å². The number of aryl methyl sites for hydroxylation is 2. The molecule has 1 fully saturated rings. The summed E-state index contributed by atoms with van der Waals surface area (Å²) in [5.74, 6) is 0.0588. The van der Waals surface area contributed by atoms with Crippen LogP contribution in [0.3, 0.4) is 0 Å². The van der Waals surface area contributed by atoms with Crippen LogP contribution in [0.25, 0.3) is 0 Å². The van der Waals surface area contributed by atoms with Crippen LogP contribution in [0.2, 0.25) is 0 Å². The van der Waals surface area contributed by atoms with Gasteiger partial charge in [0.1, 0.15) is 0 Å². The second-order valence-electron chi connectivity index (χ2n) is 6.58. The SMILES string of the molecule is Cc1cc(S(=O)(=O)N2CCN(C(=O)C(C)Sc3ccccc3)CC2)c(C)s1. The van der Waals surface area contributed by atoms with Crippen molar-refractivity contribution in [2.75, 3.05) is 26.2 Å². The predicted octanol–water partition coefficient (Wildman–Crippen LogP) is 3.38. The van der Waals surface area contributed by atoms with Gasteiger partial charge in [-0.05, 0) is 39.0 Å². The molecule has 2 heterocycles. The largest absolute Gasteiger partial charge is 0.339 e. The van der Waals surface area contributed by atoms with E-state index in [2.05, 4.69) is 0 Å². The first-order chi connectivity index (χ1) is 12.8. The van der Waals surface area contributed by atoms with Gasteiger partial charge in [-0.1, -0.05) is 18.2 Å². The molecule has 2 aromatic rings. The van der Waals surface area contributed by atoms with Crippen LogP contribution in [0.5, 0.6) is 0 Å². The van der Waals surface area contributed by atoms with Crippen LogP contribution in [0.4, 0.5) is 0 Å². The molecule has 1 unspecified atom stereocenters. The van der Waals surface area contributed by atoms with Crippen LogP contribution in [0.1, 0.15) is 16.7 Å². The molecule has 0 saturated carbocycles. The maximum Gasteiger partial charge on any atom is 0.244 e. The lowest BCUT2D eigenvalue weighted by Crippen LogP contribution is -2.52. The Kier molecular flexibility index (Phi) is 6.30. The van der Waals surface area contributed by atoms with Crippen LogP contribution in [0, 0.1) is 13.8 Å². The first-order valence-electron chi connectivity index (χ1n) is 8.86. The molecule has 1 atom stereocenters. The smallest absolute Gasteiger partial charge is 0.244 e. The van der Waals surface area contributed by atoms with Gasteiger partial charge in [-0.15, -0.1) is 23.1 Å². The van der Waals surface area contributed by atoms with E-state index < -0.39 is 10.0 Å². The number of carbonyl (C=O) groups excluding carboxylic acids is 1. The highest BCUT2D eigenvalue weighted by Crippen LogP contribution is 2.29. The van der Waals surface area contributed by atoms with E-state index in [1.165, 1.54) is 27.4 Å². The maximum atomic E-state index is 12.9. The molecule has 1 aromatic carbocycles. The number of rotatable bonds is 5. The van der Waals surface area contributed by atoms with E-state index in [-0.39, 0.29) is 11.2 Å². The van der Waals surface area contributed by atoms with Crippen LogP contribution in [-0.2, 0) is 14.8 Å². The second kappa shape index (κ2) is 8.34. The summed E-state index contributed by atoms with van der Waals surface area (Å²) in [5.41, 5.74) is 0. The summed E-state index contributed by atoms with van der Waals surface area (Å²) in [5, 5.41) is -0.197. The third kappa shape index (κ3) is 4.56. The van der Waals surface area contributed by atoms with Crippen molar-refractivity contribution in [1.82, 2.24) is 9.21 Å². The number of amides is 1. The Labute approximate surface area is 169 Å². The lowest BCUT2D eigenvalue weighted by atomic mass is 10.3. The van der Waals surface area contributed by atoms with Crippen molar-refractivity contribution in [1.29, 1.82) is 0 Å². The molecule has 0 radical (unpaired) electrons. The van der Waals surface area contributed by atoms with Gasteiger partial charge in [0.15, 0.2) is 0 Å². The quantitative estimate of drug-likeness (QED) is 0.691. The summed E-state index contributed by atoms with van der Waals surface area (Å²) < 4.78 is 27.3. The fourth-order valence-corrected chi connectivity index (χ4v) is 7.08. The summed E-state index contributed by atoms with van der Waals surface area (Å²) in [6, 6.07) is 11.6. The topological polar surface area (TPSA) is 57.7 Å². The van der Waals surface area contributed by atoms with Crippen molar-refractivity contribution in [3.63, 3.8) is 0 Å². The molecule has 0 spiro atoms. The van der Waals surface area contributed by atoms with Gasteiger partial charge >= 0.3 is 0 Å². The lowest BCUT2D eigenvalue weighted by Gasteiger charge is -2.35. The number of nitrogens with zero attached hydrogens (tertiary/aromatic N) is 2. The van der Waals surface area contributed by atoms with Gasteiger partial charge < -0.3 is 4.90 Å². The standard InChI is InChI=1S/C19H24N2O3S3/c1-14-13-18(15(2)25-14)27(23,24)21-11-9-20(10-12-21)19(22)16(3)26-17-7-5-4-6-8-17/h4-8,13,16H,9-12H2,1-3H3. The number of benzene rings is 1. The monoisotopic (exact) mass is 424 g/mol. The molecular weight excluding hydrogens is 400 g/mol. The number of thiophene rings is 1. The molecular formula is C19H24N2O3S3. The highest BCUT2D eigenvalue weighted by Gasteiger charge is 2.33. The molecule has 8 heteroatoms. The summed E-state index contributed by atoms with van der Waals surface area (Å²) in [6.07, 6.45) is 0. The summed E-state index contributed by atoms with van der Waals surface area (Å²) in [6.45, 7) is 7.20. The average molecular weight is 425 g/mol. The Bertz CT molecular complexity index is 902. The summed E-state index contributed by atoms with van der Waals surface area (Å²) in [4.78, 5) is 17.8. The minimum Gasteiger partial charge on any atom is -0.339 e. The van der Waals surface area contributed by atoms with Gasteiger partial charge in [0.2, 0.25) is 15.9 Å². The average Bonchev–Trinajstić information content (AvgIpc) is 3.01. The van der Waals surface area contributed by atoms with E-state index in [0.717, 1.165) is 14.6 Å². The van der Waals surface area contributed by atoms with Crippen LogP contribution >= 0.6 is 23.1 Å². The van der Waals surface area contributed by atoms with Crippen molar-refractivity contribution in [2.45, 2.75) is 35.8 Å². The third-order valence-corrected chi connectivity index (χ3v) is 8.79. The molecule has 1 saturated heterocycles. The zero-order valence-electron chi connectivity index (χ0n) is 15.7. The highest BCUT2D eigenvalue weighted by atomic mass is 32.2. The Hall–Kier alpha value is -1.35. The molecule has 1 aliphatic rings. The molecule has 3 rings (SSSR count). The predicted molar refractivity (Wildman–Crippen MR) is 111 cm³/mol. The van der Waals surface area contributed by atoms with Crippen LogP contribution in [-0.4, -0.2) is 55.0 Å². The van der Waals surface area contributed by atoms with Crippen molar-refractivity contribution >= 4 is 39.0 Å². The van der Waals surface area contributed by atoms with E-state index in [9.17, 15) is 13.2 Å². The molecule has 1 amide bonds. The first kappa shape index (κ1) is 20.4. The molecule has 5 nitrogen and oxygen atoms in total. The minimum absolute atomic E-state index is 0.0588. The van der Waals surface area contributed by atoms with Gasteiger partial charge in [-0.25, -0.2) is 8.42 Å². The summed E-state index contributed by atoms with van der Waals surface area (Å²) >= 11 is 3.03. The van der Waals surface area contributed by atoms with Gasteiger partial charge in [0.25, 0.3) is 0 Å². The first-order valence-corrected chi connectivity index (χ1v) is 12.0. The number of piperazine rings is 1. The van der Waals surface area contributed by atoms with Gasteiger partial charge in [0, 0.05) is 40.8 Å². The Morgan fingerprint density at radius 3 is 2.30 bits per heavy atom. The van der Waals surface area contributed by atoms with Crippen LogP contribution in [0.15, 0.2) is 46.2 Å². The van der Waals surface area contributed by atoms with E-state index in [0.29, 0.717) is 31.1 Å². The van der Waals surface area contributed by atoms with Gasteiger partial charge in [-0.3, -0.25) is 4.79 Å². The number of hydrogen-bond acceptors (Lipinski definition) is 5. The molecule has 146 valence electrons. The normalized spacial score (nSPS) is 17.1. The molecule has 0 aliphatic carbocycles. The number of sulfonamides is 1. The van der Waals surface area contributed by atoms with Crippen molar-refractivity contribution in [3.05, 3.63) is 46.2 Å². The molecule has 1 aliphatic heterocycles. The van der Waals surface area contributed by atoms with Crippen molar-refractivity contribution in [2.24, 2.45) is 0 Å². The van der Waals surface area contributed by atoms with E-state index >= 15 is 0 Å². The Morgan fingerprint density at radius 1 is 1.11 bits per heavy atom. The lowest BCUT2D eigenvalue weighted by molar-refractivity contribution is -0.131. The van der Waals surface area contributed by atoms with E-state index in [1.54, 1.807) is 11.0 Å². The third-order valence-electron chi connectivity index (χ3n) is 4.57. The molecule has 0 N–H and O–H groups in total. The molecule has 27 heavy (non-hydrogen) atoms. The number of carbonyl (C=O) groups is 1. The molecule has 0 bridgehead atoms. The molecule has 1 aromatic heterocycles. The maximum absolute atomic E-state index is 12.9. The zero-order chi connectivity index (χ0) is 19.6. The van der Waals surface area contributed by atoms with E-state index in [1.807, 2.05) is 51.1 Å². The van der Waals surface area contributed by atoms with Crippen molar-refractivity contribution in [3.8, 4) is 0 Å². The van der Waals surface area contributed by atoms with Gasteiger partial charge in [-0.2, -0.15) is 4.31 Å². The fraction of sp³-hybridized carbons (Fsp3) is 0.421. The summed E-state index contributed by atoms with van der Waals surface area (Å²) in [7, 11) is -3.49. The van der Waals surface area contributed by atoms with Crippen LogP contribution < -0.4 is 0 Å². The van der Waals surface area contributed by atoms with E-state index in [4.69, 9.17) is 0 Å². The second-order valence-corrected chi connectivity index (χ2v) is 11.4. The zero-order valence-corrected chi connectivity index (χ0v) is 18.2. The Morgan fingerprint density at radius 2 is 1.74 bits per heavy atom. The van der Waals surface area contributed by atoms with Crippen molar-refractivity contribution < 1.29 is 13.2 Å². The number of hydrogen-bond donors (Lipinski definition) is 0. The highest BCUT2D eigenvalue weighted by molar-refractivity contribution is 8.00. The fourth-order valence-electron chi connectivity index (χ4n) is 3.16. The number of thioether (sulfide) groups is 1. The minimum atomic E-state index is -3.49.